The van der Waals surface area contributed by atoms with Crippen molar-refractivity contribution in [3.05, 3.63) is 0 Å². The highest BCUT2D eigenvalue weighted by atomic mass is 16.3. The molecule has 60 valence electrons. The molecule has 10 heavy (non-hydrogen) atoms. The number of likely N-dealkylation sites (N-methyl/N-ethyl adjacent to an activating group) is 1. The molecule has 0 aromatic carbocycles. The average molecular weight is 144 g/mol. The first-order chi connectivity index (χ1) is 4.63. The highest BCUT2D eigenvalue weighted by Crippen LogP contribution is 2.12. The first-order valence-corrected chi connectivity index (χ1v) is 3.77. The van der Waals surface area contributed by atoms with E-state index in [0.29, 0.717) is 6.04 Å². The van der Waals surface area contributed by atoms with Crippen LogP contribution in [0.1, 0.15) is 13.8 Å². The van der Waals surface area contributed by atoms with E-state index >= 15 is 0 Å². The maximum absolute atomic E-state index is 9.48. The Morgan fingerprint density at radius 2 is 2.00 bits per heavy atom. The monoisotopic (exact) mass is 144 g/mol. The summed E-state index contributed by atoms with van der Waals surface area (Å²) >= 11 is 0. The predicted octanol–water partition coefficient (Wildman–Crippen LogP) is -0.0819. The minimum absolute atomic E-state index is 0.361. The van der Waals surface area contributed by atoms with Crippen molar-refractivity contribution >= 4 is 0 Å². The van der Waals surface area contributed by atoms with E-state index in [1.807, 2.05) is 11.9 Å². The highest BCUT2D eigenvalue weighted by Gasteiger charge is 2.28. The van der Waals surface area contributed by atoms with Gasteiger partial charge in [0.25, 0.3) is 0 Å². The fourth-order valence-corrected chi connectivity index (χ4v) is 1.28. The molecular weight excluding hydrogens is 128 g/mol. The quantitative estimate of drug-likeness (QED) is 0.557. The molecule has 1 aliphatic rings. The average Bonchev–Trinajstić information content (AvgIpc) is 2.14. The molecule has 3 heteroatoms. The molecule has 0 saturated carbocycles. The molecule has 0 radical (unpaired) electrons. The molecule has 1 fully saturated rings. The van der Waals surface area contributed by atoms with Crippen LogP contribution in [0.2, 0.25) is 0 Å². The van der Waals surface area contributed by atoms with Crippen LogP contribution >= 0.6 is 0 Å². The second kappa shape index (κ2) is 2.86. The van der Waals surface area contributed by atoms with Gasteiger partial charge in [-0.3, -0.25) is 9.80 Å². The zero-order chi connectivity index (χ0) is 7.72. The fourth-order valence-electron chi connectivity index (χ4n) is 1.28. The van der Waals surface area contributed by atoms with E-state index in [0.717, 1.165) is 13.1 Å². The summed E-state index contributed by atoms with van der Waals surface area (Å²) in [5.74, 6) is 0. The maximum atomic E-state index is 9.48. The van der Waals surface area contributed by atoms with E-state index in [2.05, 4.69) is 18.7 Å². The van der Waals surface area contributed by atoms with Crippen molar-refractivity contribution < 1.29 is 5.11 Å². The van der Waals surface area contributed by atoms with Gasteiger partial charge in [0.05, 0.1) is 0 Å². The molecule has 1 heterocycles. The Morgan fingerprint density at radius 1 is 1.40 bits per heavy atom. The molecule has 0 aromatic heterocycles. The number of hydrogen-bond acceptors (Lipinski definition) is 3. The molecule has 1 N–H and O–H groups in total. The summed E-state index contributed by atoms with van der Waals surface area (Å²) in [7, 11) is 1.94. The van der Waals surface area contributed by atoms with Crippen molar-refractivity contribution in [2.24, 2.45) is 0 Å². The van der Waals surface area contributed by atoms with E-state index in [4.69, 9.17) is 0 Å². The molecule has 0 bridgehead atoms. The topological polar surface area (TPSA) is 26.7 Å². The van der Waals surface area contributed by atoms with Crippen molar-refractivity contribution in [2.75, 3.05) is 20.1 Å². The molecule has 1 unspecified atom stereocenters. The first-order valence-electron chi connectivity index (χ1n) is 3.77. The van der Waals surface area contributed by atoms with Crippen LogP contribution in [0.15, 0.2) is 0 Å². The summed E-state index contributed by atoms with van der Waals surface area (Å²) in [4.78, 5) is 4.01. The van der Waals surface area contributed by atoms with Crippen molar-refractivity contribution in [2.45, 2.75) is 26.2 Å². The summed E-state index contributed by atoms with van der Waals surface area (Å²) in [6.07, 6.45) is -0.361. The first kappa shape index (κ1) is 7.98. The molecule has 0 amide bonds. The normalized spacial score (nSPS) is 30.3. The van der Waals surface area contributed by atoms with Gasteiger partial charge in [-0.25, -0.2) is 0 Å². The van der Waals surface area contributed by atoms with Gasteiger partial charge in [-0.1, -0.05) is 0 Å². The van der Waals surface area contributed by atoms with Gasteiger partial charge in [-0.05, 0) is 20.9 Å². The van der Waals surface area contributed by atoms with Gasteiger partial charge in [0.1, 0.15) is 0 Å². The summed E-state index contributed by atoms with van der Waals surface area (Å²) in [5, 5.41) is 9.48. The van der Waals surface area contributed by atoms with Gasteiger partial charge < -0.3 is 5.11 Å². The Balaban J connectivity index is 2.49. The minimum atomic E-state index is -0.361. The van der Waals surface area contributed by atoms with Gasteiger partial charge in [-0.15, -0.1) is 0 Å². The number of aliphatic hydroxyl groups excluding tert-OH is 1. The maximum Gasteiger partial charge on any atom is 0.165 e. The van der Waals surface area contributed by atoms with E-state index in [1.54, 1.807) is 0 Å². The van der Waals surface area contributed by atoms with Crippen LogP contribution < -0.4 is 0 Å². The largest absolute Gasteiger partial charge is 0.365 e. The van der Waals surface area contributed by atoms with E-state index in [9.17, 15) is 5.11 Å². The van der Waals surface area contributed by atoms with Crippen LogP contribution in [0.5, 0.6) is 0 Å². The molecule has 1 saturated heterocycles. The molecule has 1 rings (SSSR count). The smallest absolute Gasteiger partial charge is 0.165 e. The second-order valence-electron chi connectivity index (χ2n) is 3.16. The molecule has 1 atom stereocenters. The van der Waals surface area contributed by atoms with E-state index in [1.165, 1.54) is 0 Å². The second-order valence-corrected chi connectivity index (χ2v) is 3.16. The summed E-state index contributed by atoms with van der Waals surface area (Å²) in [6.45, 7) is 6.15. The van der Waals surface area contributed by atoms with Gasteiger partial charge in [0.2, 0.25) is 0 Å². The van der Waals surface area contributed by atoms with Crippen LogP contribution in [-0.4, -0.2) is 47.4 Å². The van der Waals surface area contributed by atoms with Gasteiger partial charge in [0.15, 0.2) is 6.35 Å². The number of nitrogens with zero attached hydrogens (tertiary/aromatic N) is 2. The zero-order valence-electron chi connectivity index (χ0n) is 6.91. The number of hydrogen-bond donors (Lipinski definition) is 1. The van der Waals surface area contributed by atoms with Crippen LogP contribution in [0.3, 0.4) is 0 Å². The van der Waals surface area contributed by atoms with Crippen LogP contribution in [0, 0.1) is 0 Å². The molecule has 0 aliphatic carbocycles. The van der Waals surface area contributed by atoms with Crippen molar-refractivity contribution in [1.82, 2.24) is 9.80 Å². The third-order valence-corrected chi connectivity index (χ3v) is 2.07. The van der Waals surface area contributed by atoms with Gasteiger partial charge >= 0.3 is 0 Å². The summed E-state index contributed by atoms with van der Waals surface area (Å²) < 4.78 is 0. The Kier molecular flexibility index (Phi) is 2.28. The third kappa shape index (κ3) is 1.31. The van der Waals surface area contributed by atoms with E-state index in [-0.39, 0.29) is 6.35 Å². The van der Waals surface area contributed by atoms with Crippen LogP contribution in [-0.2, 0) is 0 Å². The van der Waals surface area contributed by atoms with Crippen molar-refractivity contribution in [3.63, 3.8) is 0 Å². The summed E-state index contributed by atoms with van der Waals surface area (Å²) in [6, 6.07) is 0.444. The minimum Gasteiger partial charge on any atom is -0.365 e. The highest BCUT2D eigenvalue weighted by molar-refractivity contribution is 4.74. The van der Waals surface area contributed by atoms with Gasteiger partial charge in [0, 0.05) is 19.1 Å². The van der Waals surface area contributed by atoms with Crippen LogP contribution in [0.4, 0.5) is 0 Å². The van der Waals surface area contributed by atoms with Gasteiger partial charge in [-0.2, -0.15) is 0 Å². The Labute approximate surface area is 62.2 Å². The molecule has 1 aliphatic heterocycles. The number of aliphatic hydroxyl groups is 1. The lowest BCUT2D eigenvalue weighted by atomic mass is 10.3. The fraction of sp³-hybridized carbons (Fsp3) is 1.00. The Bertz CT molecular complexity index is 116. The standard InChI is InChI=1S/C7H16N2O/c1-6(2)9-5-4-8(3)7(9)10/h6-7,10H,4-5H2,1-3H3. The Morgan fingerprint density at radius 3 is 2.20 bits per heavy atom. The summed E-state index contributed by atoms with van der Waals surface area (Å²) in [5.41, 5.74) is 0. The molecular formula is C7H16N2O. The Hall–Kier alpha value is -0.120. The third-order valence-electron chi connectivity index (χ3n) is 2.07. The molecule has 3 nitrogen and oxygen atoms in total. The van der Waals surface area contributed by atoms with Crippen molar-refractivity contribution in [3.8, 4) is 0 Å². The van der Waals surface area contributed by atoms with Crippen LogP contribution in [0.25, 0.3) is 0 Å². The lowest BCUT2D eigenvalue weighted by Crippen LogP contribution is -2.40. The SMILES string of the molecule is CC(C)N1CCN(C)C1O. The molecule has 0 aromatic rings. The van der Waals surface area contributed by atoms with E-state index < -0.39 is 0 Å². The molecule has 0 spiro atoms. The zero-order valence-corrected chi connectivity index (χ0v) is 6.91. The number of rotatable bonds is 1. The predicted molar refractivity (Wildman–Crippen MR) is 40.5 cm³/mol. The van der Waals surface area contributed by atoms with Crippen molar-refractivity contribution in [1.29, 1.82) is 0 Å². The lowest BCUT2D eigenvalue weighted by Gasteiger charge is -2.25. The lowest BCUT2D eigenvalue weighted by molar-refractivity contribution is -0.0590.